The van der Waals surface area contributed by atoms with Crippen LogP contribution in [0.1, 0.15) is 46.3 Å². The molecule has 1 aliphatic rings. The summed E-state index contributed by atoms with van der Waals surface area (Å²) >= 11 is 0. The Bertz CT molecular complexity index is 707. The standard InChI is InChI=1S/C20H24N2O2/c1-14-8-9-18(15(2)21-14)20(24)22-12-10-17(11-13-22)19(23)16-6-4-3-5-7-16/h3-9,17,19,23H,10-13H2,1-2H3/t19-/m0/s1. The van der Waals surface area contributed by atoms with Crippen molar-refractivity contribution in [2.24, 2.45) is 5.92 Å². The van der Waals surface area contributed by atoms with Crippen molar-refractivity contribution in [3.8, 4) is 0 Å². The fourth-order valence-electron chi connectivity index (χ4n) is 3.42. The zero-order valence-electron chi connectivity index (χ0n) is 14.3. The molecule has 1 fully saturated rings. The molecule has 4 heteroatoms. The van der Waals surface area contributed by atoms with Crippen molar-refractivity contribution in [2.45, 2.75) is 32.8 Å². The van der Waals surface area contributed by atoms with Gasteiger partial charge in [-0.1, -0.05) is 30.3 Å². The second kappa shape index (κ2) is 7.14. The minimum Gasteiger partial charge on any atom is -0.388 e. The number of amides is 1. The third kappa shape index (κ3) is 3.49. The zero-order valence-corrected chi connectivity index (χ0v) is 14.3. The van der Waals surface area contributed by atoms with Crippen LogP contribution in [0, 0.1) is 19.8 Å². The molecule has 24 heavy (non-hydrogen) atoms. The molecule has 2 aromatic rings. The highest BCUT2D eigenvalue weighted by Gasteiger charge is 2.29. The Kier molecular flexibility index (Phi) is 4.95. The van der Waals surface area contributed by atoms with Gasteiger partial charge in [-0.25, -0.2) is 0 Å². The third-order valence-corrected chi connectivity index (χ3v) is 4.87. The summed E-state index contributed by atoms with van der Waals surface area (Å²) in [6.45, 7) is 5.17. The Morgan fingerprint density at radius 2 is 1.79 bits per heavy atom. The lowest BCUT2D eigenvalue weighted by molar-refractivity contribution is 0.0461. The van der Waals surface area contributed by atoms with E-state index in [1.807, 2.05) is 61.2 Å². The molecule has 1 N–H and O–H groups in total. The number of nitrogens with zero attached hydrogens (tertiary/aromatic N) is 2. The van der Waals surface area contributed by atoms with Gasteiger partial charge in [0.25, 0.3) is 5.91 Å². The van der Waals surface area contributed by atoms with E-state index >= 15 is 0 Å². The largest absolute Gasteiger partial charge is 0.388 e. The van der Waals surface area contributed by atoms with Crippen LogP contribution in [0.15, 0.2) is 42.5 Å². The molecule has 1 aromatic heterocycles. The maximum atomic E-state index is 12.7. The molecule has 3 rings (SSSR count). The van der Waals surface area contributed by atoms with Crippen molar-refractivity contribution in [3.05, 3.63) is 65.0 Å². The fraction of sp³-hybridized carbons (Fsp3) is 0.400. The molecule has 0 bridgehead atoms. The first kappa shape index (κ1) is 16.7. The Hall–Kier alpha value is -2.20. The summed E-state index contributed by atoms with van der Waals surface area (Å²) in [6, 6.07) is 13.5. The van der Waals surface area contributed by atoms with Crippen LogP contribution in [0.3, 0.4) is 0 Å². The molecular weight excluding hydrogens is 300 g/mol. The average molecular weight is 324 g/mol. The molecular formula is C20H24N2O2. The second-order valence-electron chi connectivity index (χ2n) is 6.57. The van der Waals surface area contributed by atoms with Gasteiger partial charge in [0, 0.05) is 18.8 Å². The number of piperidine rings is 1. The van der Waals surface area contributed by atoms with Gasteiger partial charge < -0.3 is 10.0 Å². The molecule has 126 valence electrons. The van der Waals surface area contributed by atoms with Crippen molar-refractivity contribution in [2.75, 3.05) is 13.1 Å². The number of aromatic nitrogens is 1. The molecule has 0 radical (unpaired) electrons. The van der Waals surface area contributed by atoms with Crippen LogP contribution >= 0.6 is 0 Å². The van der Waals surface area contributed by atoms with E-state index in [1.54, 1.807) is 0 Å². The minimum absolute atomic E-state index is 0.0488. The van der Waals surface area contributed by atoms with E-state index in [1.165, 1.54) is 0 Å². The van der Waals surface area contributed by atoms with Gasteiger partial charge in [-0.05, 0) is 50.3 Å². The Balaban J connectivity index is 1.63. The van der Waals surface area contributed by atoms with Crippen molar-refractivity contribution in [1.29, 1.82) is 0 Å². The van der Waals surface area contributed by atoms with Crippen LogP contribution in [0.2, 0.25) is 0 Å². The van der Waals surface area contributed by atoms with E-state index in [-0.39, 0.29) is 11.8 Å². The van der Waals surface area contributed by atoms with Crippen LogP contribution in [0.5, 0.6) is 0 Å². The van der Waals surface area contributed by atoms with Gasteiger partial charge in [0.05, 0.1) is 17.4 Å². The molecule has 1 aliphatic heterocycles. The van der Waals surface area contributed by atoms with Crippen LogP contribution in [-0.2, 0) is 0 Å². The van der Waals surface area contributed by atoms with Crippen LogP contribution in [-0.4, -0.2) is 34.0 Å². The summed E-state index contributed by atoms with van der Waals surface area (Å²) < 4.78 is 0. The lowest BCUT2D eigenvalue weighted by Gasteiger charge is -2.34. The van der Waals surface area contributed by atoms with Crippen molar-refractivity contribution in [1.82, 2.24) is 9.88 Å². The molecule has 0 unspecified atom stereocenters. The monoisotopic (exact) mass is 324 g/mol. The molecule has 1 amide bonds. The highest BCUT2D eigenvalue weighted by atomic mass is 16.3. The lowest BCUT2D eigenvalue weighted by Crippen LogP contribution is -2.40. The van der Waals surface area contributed by atoms with Crippen molar-refractivity contribution in [3.63, 3.8) is 0 Å². The van der Waals surface area contributed by atoms with Gasteiger partial charge in [-0.15, -0.1) is 0 Å². The van der Waals surface area contributed by atoms with Gasteiger partial charge in [0.2, 0.25) is 0 Å². The number of likely N-dealkylation sites (tertiary alicyclic amines) is 1. The molecule has 0 saturated carbocycles. The van der Waals surface area contributed by atoms with Gasteiger partial charge in [0.15, 0.2) is 0 Å². The van der Waals surface area contributed by atoms with Crippen LogP contribution in [0.25, 0.3) is 0 Å². The van der Waals surface area contributed by atoms with Crippen molar-refractivity contribution < 1.29 is 9.90 Å². The second-order valence-corrected chi connectivity index (χ2v) is 6.57. The first-order valence-corrected chi connectivity index (χ1v) is 8.53. The van der Waals surface area contributed by atoms with Crippen LogP contribution in [0.4, 0.5) is 0 Å². The van der Waals surface area contributed by atoms with Crippen LogP contribution < -0.4 is 0 Å². The summed E-state index contributed by atoms with van der Waals surface area (Å²) in [5.41, 5.74) is 3.35. The quantitative estimate of drug-likeness (QED) is 0.942. The molecule has 1 atom stereocenters. The van der Waals surface area contributed by atoms with E-state index < -0.39 is 6.10 Å². The number of hydrogen-bond acceptors (Lipinski definition) is 3. The summed E-state index contributed by atoms with van der Waals surface area (Å²) in [6.07, 6.45) is 1.19. The smallest absolute Gasteiger partial charge is 0.255 e. The van der Waals surface area contributed by atoms with E-state index in [2.05, 4.69) is 4.98 Å². The molecule has 1 aromatic carbocycles. The zero-order chi connectivity index (χ0) is 17.1. The molecule has 2 heterocycles. The molecule has 0 aliphatic carbocycles. The highest BCUT2D eigenvalue weighted by molar-refractivity contribution is 5.95. The summed E-state index contributed by atoms with van der Waals surface area (Å²) in [7, 11) is 0. The molecule has 4 nitrogen and oxygen atoms in total. The van der Waals surface area contributed by atoms with E-state index in [4.69, 9.17) is 0 Å². The number of pyridine rings is 1. The Morgan fingerprint density at radius 1 is 1.12 bits per heavy atom. The first-order chi connectivity index (χ1) is 11.6. The van der Waals surface area contributed by atoms with Gasteiger partial charge in [-0.3, -0.25) is 9.78 Å². The number of carbonyl (C=O) groups is 1. The van der Waals surface area contributed by atoms with Gasteiger partial charge in [-0.2, -0.15) is 0 Å². The van der Waals surface area contributed by atoms with Crippen molar-refractivity contribution >= 4 is 5.91 Å². The summed E-state index contributed by atoms with van der Waals surface area (Å²) in [5.74, 6) is 0.251. The number of aliphatic hydroxyl groups excluding tert-OH is 1. The highest BCUT2D eigenvalue weighted by Crippen LogP contribution is 2.31. The number of hydrogen-bond donors (Lipinski definition) is 1. The average Bonchev–Trinajstić information content (AvgIpc) is 2.61. The Morgan fingerprint density at radius 3 is 2.42 bits per heavy atom. The third-order valence-electron chi connectivity index (χ3n) is 4.87. The summed E-state index contributed by atoms with van der Waals surface area (Å²) in [4.78, 5) is 19.0. The predicted octanol–water partition coefficient (Wildman–Crippen LogP) is 3.28. The normalized spacial score (nSPS) is 16.9. The number of benzene rings is 1. The predicted molar refractivity (Wildman–Crippen MR) is 93.7 cm³/mol. The fourth-order valence-corrected chi connectivity index (χ4v) is 3.42. The maximum Gasteiger partial charge on any atom is 0.255 e. The number of rotatable bonds is 3. The topological polar surface area (TPSA) is 53.4 Å². The van der Waals surface area contributed by atoms with Gasteiger partial charge in [0.1, 0.15) is 0 Å². The van der Waals surface area contributed by atoms with E-state index in [9.17, 15) is 9.90 Å². The summed E-state index contributed by atoms with van der Waals surface area (Å²) in [5, 5.41) is 10.5. The number of aliphatic hydroxyl groups is 1. The number of aryl methyl sites for hydroxylation is 2. The number of carbonyl (C=O) groups excluding carboxylic acids is 1. The first-order valence-electron chi connectivity index (χ1n) is 8.53. The van der Waals surface area contributed by atoms with E-state index in [0.717, 1.165) is 29.8 Å². The minimum atomic E-state index is -0.453. The molecule has 0 spiro atoms. The SMILES string of the molecule is Cc1ccc(C(=O)N2CCC([C@@H](O)c3ccccc3)CC2)c(C)n1. The Labute approximate surface area is 143 Å². The molecule has 1 saturated heterocycles. The van der Waals surface area contributed by atoms with Gasteiger partial charge >= 0.3 is 0 Å². The lowest BCUT2D eigenvalue weighted by atomic mass is 9.87. The van der Waals surface area contributed by atoms with E-state index in [0.29, 0.717) is 18.7 Å². The maximum absolute atomic E-state index is 12.7.